The molecule has 2 heterocycles. The monoisotopic (exact) mass is 364 g/mol. The van der Waals surface area contributed by atoms with Gasteiger partial charge in [-0.25, -0.2) is 9.59 Å². The van der Waals surface area contributed by atoms with Gasteiger partial charge in [0, 0.05) is 17.7 Å². The van der Waals surface area contributed by atoms with Crippen LogP contribution >= 0.6 is 0 Å². The molecule has 1 saturated heterocycles. The molecule has 1 atom stereocenters. The van der Waals surface area contributed by atoms with E-state index in [1.165, 1.54) is 4.57 Å². The molecule has 4 rings (SSSR count). The van der Waals surface area contributed by atoms with Crippen LogP contribution in [-0.4, -0.2) is 28.3 Å². The van der Waals surface area contributed by atoms with Crippen molar-refractivity contribution >= 4 is 28.4 Å². The molecule has 0 radical (unpaired) electrons. The van der Waals surface area contributed by atoms with Crippen molar-refractivity contribution in [2.24, 2.45) is 0 Å². The second-order valence-electron chi connectivity index (χ2n) is 6.45. The van der Waals surface area contributed by atoms with E-state index in [1.807, 2.05) is 36.4 Å². The van der Waals surface area contributed by atoms with Gasteiger partial charge in [-0.2, -0.15) is 4.98 Å². The minimum Gasteiger partial charge on any atom is -0.376 e. The first-order chi connectivity index (χ1) is 13.2. The number of hydrogen-bond acceptors (Lipinski definition) is 4. The summed E-state index contributed by atoms with van der Waals surface area (Å²) in [4.78, 5) is 29.3. The number of aromatic nitrogens is 2. The van der Waals surface area contributed by atoms with Gasteiger partial charge in [0.25, 0.3) is 0 Å². The average molecular weight is 364 g/mol. The van der Waals surface area contributed by atoms with Crippen LogP contribution in [0.25, 0.3) is 10.9 Å². The Morgan fingerprint density at radius 1 is 1.11 bits per heavy atom. The second-order valence-corrected chi connectivity index (χ2v) is 6.45. The average Bonchev–Trinajstić information content (AvgIpc) is 3.18. The van der Waals surface area contributed by atoms with Gasteiger partial charge in [0.2, 0.25) is 0 Å². The molecule has 1 fully saturated rings. The first-order valence-corrected chi connectivity index (χ1v) is 8.95. The summed E-state index contributed by atoms with van der Waals surface area (Å²) < 4.78 is 7.15. The van der Waals surface area contributed by atoms with E-state index in [0.717, 1.165) is 12.8 Å². The fourth-order valence-corrected chi connectivity index (χ4v) is 3.26. The molecule has 0 aliphatic carbocycles. The minimum absolute atomic E-state index is 0.0524. The SMILES string of the molecule is O=C(Nc1ccccc1)Nc1c2ccccc2nc(=O)n1CC1CCCO1. The van der Waals surface area contributed by atoms with Gasteiger partial charge < -0.3 is 10.1 Å². The molecule has 2 N–H and O–H groups in total. The summed E-state index contributed by atoms with van der Waals surface area (Å²) in [5, 5.41) is 6.32. The third kappa shape index (κ3) is 3.83. The predicted molar refractivity (Wildman–Crippen MR) is 104 cm³/mol. The fourth-order valence-electron chi connectivity index (χ4n) is 3.26. The number of nitrogens with one attached hydrogen (secondary N) is 2. The van der Waals surface area contributed by atoms with Gasteiger partial charge in [0.05, 0.1) is 18.2 Å². The van der Waals surface area contributed by atoms with E-state index in [9.17, 15) is 9.59 Å². The summed E-state index contributed by atoms with van der Waals surface area (Å²) in [6, 6.07) is 16.0. The molecular formula is C20H20N4O3. The van der Waals surface area contributed by atoms with Crippen molar-refractivity contribution in [3.8, 4) is 0 Å². The molecule has 1 aromatic heterocycles. The van der Waals surface area contributed by atoms with Crippen LogP contribution in [0.1, 0.15) is 12.8 Å². The number of carbonyl (C=O) groups excluding carboxylic acids is 1. The largest absolute Gasteiger partial charge is 0.376 e. The van der Waals surface area contributed by atoms with Crippen LogP contribution in [0.4, 0.5) is 16.3 Å². The number of carbonyl (C=O) groups is 1. The van der Waals surface area contributed by atoms with Gasteiger partial charge in [0.15, 0.2) is 0 Å². The maximum atomic E-state index is 12.6. The number of hydrogen-bond donors (Lipinski definition) is 2. The molecule has 7 heteroatoms. The fraction of sp³-hybridized carbons (Fsp3) is 0.250. The van der Waals surface area contributed by atoms with E-state index in [-0.39, 0.29) is 6.10 Å². The Bertz CT molecular complexity index is 1010. The number of anilines is 2. The number of urea groups is 1. The summed E-state index contributed by atoms with van der Waals surface area (Å²) in [6.07, 6.45) is 1.80. The zero-order valence-electron chi connectivity index (χ0n) is 14.7. The maximum Gasteiger partial charge on any atom is 0.349 e. The molecule has 1 aliphatic heterocycles. The van der Waals surface area contributed by atoms with Gasteiger partial charge >= 0.3 is 11.7 Å². The molecular weight excluding hydrogens is 344 g/mol. The van der Waals surface area contributed by atoms with Crippen molar-refractivity contribution in [1.82, 2.24) is 9.55 Å². The van der Waals surface area contributed by atoms with Crippen molar-refractivity contribution in [2.75, 3.05) is 17.2 Å². The van der Waals surface area contributed by atoms with Crippen molar-refractivity contribution < 1.29 is 9.53 Å². The molecule has 7 nitrogen and oxygen atoms in total. The number of rotatable bonds is 4. The normalized spacial score (nSPS) is 16.4. The zero-order chi connectivity index (χ0) is 18.6. The van der Waals surface area contributed by atoms with Crippen LogP contribution in [0, 0.1) is 0 Å². The molecule has 138 valence electrons. The molecule has 1 unspecified atom stereocenters. The van der Waals surface area contributed by atoms with Crippen LogP contribution in [-0.2, 0) is 11.3 Å². The molecule has 0 spiro atoms. The number of para-hydroxylation sites is 2. The Hall–Kier alpha value is -3.19. The van der Waals surface area contributed by atoms with E-state index in [4.69, 9.17) is 4.74 Å². The number of amides is 2. The van der Waals surface area contributed by atoms with Crippen LogP contribution in [0.15, 0.2) is 59.4 Å². The number of nitrogens with zero attached hydrogens (tertiary/aromatic N) is 2. The molecule has 1 aliphatic rings. The van der Waals surface area contributed by atoms with E-state index < -0.39 is 11.7 Å². The molecule has 3 aromatic rings. The summed E-state index contributed by atoms with van der Waals surface area (Å²) >= 11 is 0. The third-order valence-electron chi connectivity index (χ3n) is 4.55. The number of ether oxygens (including phenoxy) is 1. The number of benzene rings is 2. The van der Waals surface area contributed by atoms with Crippen molar-refractivity contribution in [1.29, 1.82) is 0 Å². The van der Waals surface area contributed by atoms with E-state index in [2.05, 4.69) is 15.6 Å². The van der Waals surface area contributed by atoms with Crippen molar-refractivity contribution in [2.45, 2.75) is 25.5 Å². The lowest BCUT2D eigenvalue weighted by molar-refractivity contribution is 0.0964. The lowest BCUT2D eigenvalue weighted by Crippen LogP contribution is -2.32. The highest BCUT2D eigenvalue weighted by Crippen LogP contribution is 2.22. The Kier molecular flexibility index (Phi) is 4.84. The van der Waals surface area contributed by atoms with Crippen LogP contribution in [0.2, 0.25) is 0 Å². The Balaban J connectivity index is 1.69. The lowest BCUT2D eigenvalue weighted by Gasteiger charge is -2.18. The molecule has 27 heavy (non-hydrogen) atoms. The number of fused-ring (bicyclic) bond motifs is 1. The van der Waals surface area contributed by atoms with Crippen LogP contribution in [0.5, 0.6) is 0 Å². The maximum absolute atomic E-state index is 12.6. The second kappa shape index (κ2) is 7.59. The highest BCUT2D eigenvalue weighted by molar-refractivity contribution is 6.04. The van der Waals surface area contributed by atoms with Gasteiger partial charge in [-0.05, 0) is 37.1 Å². The van der Waals surface area contributed by atoms with Crippen LogP contribution < -0.4 is 16.3 Å². The zero-order valence-corrected chi connectivity index (χ0v) is 14.7. The summed E-state index contributed by atoms with van der Waals surface area (Å²) in [7, 11) is 0. The first kappa shape index (κ1) is 17.2. The topological polar surface area (TPSA) is 85.3 Å². The van der Waals surface area contributed by atoms with Gasteiger partial charge in [-0.1, -0.05) is 30.3 Å². The Labute approximate surface area is 156 Å². The highest BCUT2D eigenvalue weighted by atomic mass is 16.5. The summed E-state index contributed by atoms with van der Waals surface area (Å²) in [6.45, 7) is 1.05. The van der Waals surface area contributed by atoms with E-state index >= 15 is 0 Å². The Morgan fingerprint density at radius 3 is 2.67 bits per heavy atom. The van der Waals surface area contributed by atoms with Crippen LogP contribution in [0.3, 0.4) is 0 Å². The smallest absolute Gasteiger partial charge is 0.349 e. The summed E-state index contributed by atoms with van der Waals surface area (Å²) in [5.41, 5.74) is 0.807. The molecule has 0 saturated carbocycles. The lowest BCUT2D eigenvalue weighted by atomic mass is 10.2. The standard InChI is InChI=1S/C20H20N4O3/c25-19(21-14-7-2-1-3-8-14)23-18-16-10-4-5-11-17(16)22-20(26)24(18)13-15-9-6-12-27-15/h1-5,7-8,10-11,15H,6,9,12-13H2,(H2,21,23,25). The van der Waals surface area contributed by atoms with Crippen molar-refractivity contribution in [3.05, 3.63) is 65.1 Å². The third-order valence-corrected chi connectivity index (χ3v) is 4.55. The minimum atomic E-state index is -0.418. The molecule has 0 bridgehead atoms. The van der Waals surface area contributed by atoms with Gasteiger partial charge in [-0.3, -0.25) is 9.88 Å². The first-order valence-electron chi connectivity index (χ1n) is 8.95. The molecule has 2 amide bonds. The van der Waals surface area contributed by atoms with Crippen molar-refractivity contribution in [3.63, 3.8) is 0 Å². The van der Waals surface area contributed by atoms with E-state index in [1.54, 1.807) is 18.2 Å². The van der Waals surface area contributed by atoms with Gasteiger partial charge in [-0.15, -0.1) is 0 Å². The highest BCUT2D eigenvalue weighted by Gasteiger charge is 2.21. The van der Waals surface area contributed by atoms with Gasteiger partial charge in [0.1, 0.15) is 5.82 Å². The Morgan fingerprint density at radius 2 is 1.89 bits per heavy atom. The quantitative estimate of drug-likeness (QED) is 0.744. The van der Waals surface area contributed by atoms with E-state index in [0.29, 0.717) is 35.6 Å². The summed E-state index contributed by atoms with van der Waals surface area (Å²) in [5.74, 6) is 0.425. The molecule has 2 aromatic carbocycles. The predicted octanol–water partition coefficient (Wildman–Crippen LogP) is 3.22.